The Morgan fingerprint density at radius 1 is 1.18 bits per heavy atom. The lowest BCUT2D eigenvalue weighted by Gasteiger charge is -2.26. The van der Waals surface area contributed by atoms with Crippen molar-refractivity contribution in [3.63, 3.8) is 0 Å². The van der Waals surface area contributed by atoms with Gasteiger partial charge in [0.05, 0.1) is 6.61 Å². The van der Waals surface area contributed by atoms with Crippen molar-refractivity contribution in [2.75, 3.05) is 6.61 Å². The predicted octanol–water partition coefficient (Wildman–Crippen LogP) is 4.01. The molecule has 1 amide bonds. The van der Waals surface area contributed by atoms with Crippen molar-refractivity contribution in [1.29, 1.82) is 0 Å². The van der Waals surface area contributed by atoms with Gasteiger partial charge in [-0.3, -0.25) is 4.79 Å². The van der Waals surface area contributed by atoms with E-state index in [0.29, 0.717) is 6.04 Å². The van der Waals surface area contributed by atoms with E-state index >= 15 is 0 Å². The van der Waals surface area contributed by atoms with E-state index in [-0.39, 0.29) is 11.8 Å². The molecule has 0 radical (unpaired) electrons. The number of carbonyl (C=O) groups excluding carboxylic acids is 1. The van der Waals surface area contributed by atoms with Crippen LogP contribution in [-0.2, 0) is 11.3 Å². The summed E-state index contributed by atoms with van der Waals surface area (Å²) < 4.78 is 5.83. The highest BCUT2D eigenvalue weighted by atomic mass is 16.5. The number of carbonyl (C=O) groups is 1. The first kappa shape index (κ1) is 15.4. The Balaban J connectivity index is 1.55. The fourth-order valence-electron chi connectivity index (χ4n) is 2.87. The van der Waals surface area contributed by atoms with Crippen molar-refractivity contribution in [3.05, 3.63) is 29.8 Å². The fraction of sp³-hybridized carbons (Fsp3) is 0.632. The van der Waals surface area contributed by atoms with Gasteiger partial charge in [0.25, 0.3) is 0 Å². The summed E-state index contributed by atoms with van der Waals surface area (Å²) in [6, 6.07) is 8.74. The van der Waals surface area contributed by atoms with Gasteiger partial charge in [-0.1, -0.05) is 32.4 Å². The van der Waals surface area contributed by atoms with Crippen molar-refractivity contribution in [2.24, 2.45) is 11.8 Å². The number of rotatable bonds is 7. The quantitative estimate of drug-likeness (QED) is 0.761. The highest BCUT2D eigenvalue weighted by molar-refractivity contribution is 5.78. The van der Waals surface area contributed by atoms with Crippen LogP contribution in [0.1, 0.15) is 51.5 Å². The van der Waals surface area contributed by atoms with Crippen molar-refractivity contribution < 1.29 is 9.53 Å². The summed E-state index contributed by atoms with van der Waals surface area (Å²) in [5.41, 5.74) is 1.19. The molecule has 3 heteroatoms. The van der Waals surface area contributed by atoms with E-state index in [4.69, 9.17) is 4.74 Å². The van der Waals surface area contributed by atoms with Gasteiger partial charge in [-0.05, 0) is 49.3 Å². The van der Waals surface area contributed by atoms with Gasteiger partial charge in [0.15, 0.2) is 0 Å². The number of benzene rings is 1. The van der Waals surface area contributed by atoms with Crippen LogP contribution in [0.4, 0.5) is 0 Å². The Labute approximate surface area is 133 Å². The molecule has 0 atom stereocenters. The summed E-state index contributed by atoms with van der Waals surface area (Å²) in [4.78, 5) is 14.4. The molecule has 2 saturated carbocycles. The van der Waals surface area contributed by atoms with Crippen LogP contribution >= 0.6 is 0 Å². The fourth-order valence-corrected chi connectivity index (χ4v) is 2.87. The van der Waals surface area contributed by atoms with E-state index in [1.54, 1.807) is 0 Å². The molecule has 3 rings (SSSR count). The third-order valence-corrected chi connectivity index (χ3v) is 4.75. The summed E-state index contributed by atoms with van der Waals surface area (Å²) >= 11 is 0. The molecular formula is C19H27NO2. The zero-order chi connectivity index (χ0) is 15.5. The molecular weight excluding hydrogens is 274 g/mol. The lowest BCUT2D eigenvalue weighted by Crippen LogP contribution is -2.35. The first-order valence-corrected chi connectivity index (χ1v) is 8.65. The largest absolute Gasteiger partial charge is 0.493 e. The van der Waals surface area contributed by atoms with Crippen LogP contribution in [-0.4, -0.2) is 23.5 Å². The minimum atomic E-state index is 0.0747. The lowest BCUT2D eigenvalue weighted by molar-refractivity contribution is -0.135. The average molecular weight is 301 g/mol. The molecule has 0 heterocycles. The zero-order valence-electron chi connectivity index (χ0n) is 13.8. The maximum Gasteiger partial charge on any atom is 0.225 e. The Morgan fingerprint density at radius 3 is 2.36 bits per heavy atom. The van der Waals surface area contributed by atoms with Gasteiger partial charge in [-0.15, -0.1) is 0 Å². The number of hydrogen-bond acceptors (Lipinski definition) is 2. The van der Waals surface area contributed by atoms with Crippen LogP contribution in [0.5, 0.6) is 5.75 Å². The molecule has 1 aromatic carbocycles. The standard InChI is InChI=1S/C19H27NO2/c1-14(2)19(21)20(17-8-9-17)12-15-6-10-18(11-7-15)22-13-16-4-3-5-16/h6-7,10-11,14,16-17H,3-5,8-9,12-13H2,1-2H3. The molecule has 0 bridgehead atoms. The molecule has 120 valence electrons. The smallest absolute Gasteiger partial charge is 0.225 e. The molecule has 0 unspecified atom stereocenters. The number of amides is 1. The van der Waals surface area contributed by atoms with Gasteiger partial charge >= 0.3 is 0 Å². The minimum absolute atomic E-state index is 0.0747. The van der Waals surface area contributed by atoms with Crippen molar-refractivity contribution >= 4 is 5.91 Å². The van der Waals surface area contributed by atoms with Gasteiger partial charge in [0.2, 0.25) is 5.91 Å². The highest BCUT2D eigenvalue weighted by Crippen LogP contribution is 2.30. The first-order chi connectivity index (χ1) is 10.6. The Bertz CT molecular complexity index is 501. The molecule has 2 fully saturated rings. The van der Waals surface area contributed by atoms with Gasteiger partial charge in [-0.25, -0.2) is 0 Å². The van der Waals surface area contributed by atoms with Crippen LogP contribution < -0.4 is 4.74 Å². The van der Waals surface area contributed by atoms with Crippen LogP contribution in [0, 0.1) is 11.8 Å². The maximum atomic E-state index is 12.3. The number of ether oxygens (including phenoxy) is 1. The minimum Gasteiger partial charge on any atom is -0.493 e. The lowest BCUT2D eigenvalue weighted by atomic mass is 9.86. The van der Waals surface area contributed by atoms with Crippen molar-refractivity contribution in [1.82, 2.24) is 4.90 Å². The van der Waals surface area contributed by atoms with E-state index in [9.17, 15) is 4.79 Å². The first-order valence-electron chi connectivity index (χ1n) is 8.65. The average Bonchev–Trinajstić information content (AvgIpc) is 3.28. The second kappa shape index (κ2) is 6.72. The van der Waals surface area contributed by atoms with Crippen molar-refractivity contribution in [3.8, 4) is 5.75 Å². The second-order valence-corrected chi connectivity index (χ2v) is 7.10. The molecule has 0 spiro atoms. The topological polar surface area (TPSA) is 29.5 Å². The Morgan fingerprint density at radius 2 is 1.86 bits per heavy atom. The van der Waals surface area contributed by atoms with Crippen molar-refractivity contribution in [2.45, 2.75) is 58.5 Å². The molecule has 0 N–H and O–H groups in total. The van der Waals surface area contributed by atoms with E-state index < -0.39 is 0 Å². The summed E-state index contributed by atoms with van der Waals surface area (Å²) in [5, 5.41) is 0. The van der Waals surface area contributed by atoms with Crippen LogP contribution in [0.25, 0.3) is 0 Å². The van der Waals surface area contributed by atoms with Gasteiger partial charge in [-0.2, -0.15) is 0 Å². The predicted molar refractivity (Wildman–Crippen MR) is 87.7 cm³/mol. The van der Waals surface area contributed by atoms with E-state index in [1.165, 1.54) is 24.8 Å². The van der Waals surface area contributed by atoms with Crippen LogP contribution in [0.3, 0.4) is 0 Å². The number of hydrogen-bond donors (Lipinski definition) is 0. The summed E-state index contributed by atoms with van der Waals surface area (Å²) in [7, 11) is 0. The monoisotopic (exact) mass is 301 g/mol. The Kier molecular flexibility index (Phi) is 4.70. The summed E-state index contributed by atoms with van der Waals surface area (Å²) in [6.07, 6.45) is 6.29. The maximum absolute atomic E-state index is 12.3. The van der Waals surface area contributed by atoms with Gasteiger partial charge in [0, 0.05) is 18.5 Å². The highest BCUT2D eigenvalue weighted by Gasteiger charge is 2.33. The molecule has 22 heavy (non-hydrogen) atoms. The molecule has 0 aliphatic heterocycles. The molecule has 2 aliphatic rings. The second-order valence-electron chi connectivity index (χ2n) is 7.10. The van der Waals surface area contributed by atoms with E-state index in [0.717, 1.165) is 37.7 Å². The van der Waals surface area contributed by atoms with Gasteiger partial charge in [0.1, 0.15) is 5.75 Å². The summed E-state index contributed by atoms with van der Waals surface area (Å²) in [6.45, 7) is 5.54. The normalized spacial score (nSPS) is 18.1. The number of nitrogens with zero attached hydrogens (tertiary/aromatic N) is 1. The Hall–Kier alpha value is -1.51. The molecule has 3 nitrogen and oxygen atoms in total. The van der Waals surface area contributed by atoms with E-state index in [2.05, 4.69) is 17.0 Å². The molecule has 2 aliphatic carbocycles. The molecule has 0 saturated heterocycles. The van der Waals surface area contributed by atoms with Gasteiger partial charge < -0.3 is 9.64 Å². The molecule has 1 aromatic rings. The zero-order valence-corrected chi connectivity index (χ0v) is 13.8. The van der Waals surface area contributed by atoms with Crippen LogP contribution in [0.15, 0.2) is 24.3 Å². The molecule has 0 aromatic heterocycles. The SMILES string of the molecule is CC(C)C(=O)N(Cc1ccc(OCC2CCC2)cc1)C1CC1. The van der Waals surface area contributed by atoms with Crippen LogP contribution in [0.2, 0.25) is 0 Å². The third-order valence-electron chi connectivity index (χ3n) is 4.75. The third kappa shape index (κ3) is 3.82. The van der Waals surface area contributed by atoms with E-state index in [1.807, 2.05) is 26.0 Å². The summed E-state index contributed by atoms with van der Waals surface area (Å²) in [5.74, 6) is 2.05.